The SMILES string of the molecule is COCc1cc(-c2nc(-c3ccc(CCNCCC(=O)O)c(F)c3)no2)ccc1-c1ccccc1C. The number of carboxylic acid groups (broad SMARTS) is 1. The smallest absolute Gasteiger partial charge is 0.304 e. The Hall–Kier alpha value is -3.88. The summed E-state index contributed by atoms with van der Waals surface area (Å²) in [5.41, 5.74) is 6.17. The van der Waals surface area contributed by atoms with E-state index >= 15 is 0 Å². The van der Waals surface area contributed by atoms with Crippen molar-refractivity contribution >= 4 is 5.97 Å². The number of aromatic nitrogens is 2. The second kappa shape index (κ2) is 11.7. The van der Waals surface area contributed by atoms with Crippen molar-refractivity contribution in [2.24, 2.45) is 0 Å². The number of methoxy groups -OCH3 is 1. The summed E-state index contributed by atoms with van der Waals surface area (Å²) in [5.74, 6) is -0.601. The topological polar surface area (TPSA) is 97.5 Å². The number of carbonyl (C=O) groups is 1. The van der Waals surface area contributed by atoms with Crippen LogP contribution in [0.5, 0.6) is 0 Å². The van der Waals surface area contributed by atoms with Crippen molar-refractivity contribution in [3.8, 4) is 34.0 Å². The lowest BCUT2D eigenvalue weighted by atomic mass is 9.94. The number of rotatable bonds is 11. The number of ether oxygens (including phenoxy) is 1. The van der Waals surface area contributed by atoms with Gasteiger partial charge in [-0.1, -0.05) is 47.6 Å². The molecule has 0 radical (unpaired) electrons. The highest BCUT2D eigenvalue weighted by Crippen LogP contribution is 2.32. The second-order valence-corrected chi connectivity index (χ2v) is 8.49. The molecule has 0 unspecified atom stereocenters. The van der Waals surface area contributed by atoms with Crippen LogP contribution in [0.3, 0.4) is 0 Å². The lowest BCUT2D eigenvalue weighted by molar-refractivity contribution is -0.136. The van der Waals surface area contributed by atoms with Crippen molar-refractivity contribution in [3.63, 3.8) is 0 Å². The van der Waals surface area contributed by atoms with Crippen molar-refractivity contribution in [1.29, 1.82) is 0 Å². The third kappa shape index (κ3) is 6.02. The van der Waals surface area contributed by atoms with E-state index in [1.165, 1.54) is 11.6 Å². The molecule has 2 N–H and O–H groups in total. The molecule has 36 heavy (non-hydrogen) atoms. The van der Waals surface area contributed by atoms with Crippen LogP contribution in [0.15, 0.2) is 65.2 Å². The van der Waals surface area contributed by atoms with E-state index in [-0.39, 0.29) is 12.2 Å². The van der Waals surface area contributed by atoms with E-state index in [0.29, 0.717) is 49.0 Å². The first-order chi connectivity index (χ1) is 17.5. The van der Waals surface area contributed by atoms with Gasteiger partial charge in [0.1, 0.15) is 5.82 Å². The van der Waals surface area contributed by atoms with Crippen molar-refractivity contribution in [1.82, 2.24) is 15.5 Å². The molecule has 0 amide bonds. The Labute approximate surface area is 208 Å². The Balaban J connectivity index is 1.51. The quantitative estimate of drug-likeness (QED) is 0.277. The maximum Gasteiger partial charge on any atom is 0.304 e. The standard InChI is InChI=1S/C28H28FN3O4/c1-18-5-3-4-6-23(18)24-10-9-21(15-22(24)17-35-2)28-31-27(32-36-28)20-8-7-19(25(29)16-20)11-13-30-14-12-26(33)34/h3-10,15-16,30H,11-14,17H2,1-2H3,(H,33,34). The number of carboxylic acids is 1. The maximum atomic E-state index is 14.7. The Bertz CT molecular complexity index is 1350. The molecule has 0 aliphatic carbocycles. The van der Waals surface area contributed by atoms with Crippen LogP contribution < -0.4 is 5.32 Å². The fraction of sp³-hybridized carbons (Fsp3) is 0.250. The molecule has 0 saturated carbocycles. The van der Waals surface area contributed by atoms with Gasteiger partial charge in [-0.15, -0.1) is 0 Å². The van der Waals surface area contributed by atoms with Gasteiger partial charge in [-0.05, 0) is 65.9 Å². The normalized spacial score (nSPS) is 11.1. The third-order valence-electron chi connectivity index (χ3n) is 5.91. The molecule has 4 rings (SSSR count). The van der Waals surface area contributed by atoms with Gasteiger partial charge in [-0.25, -0.2) is 4.39 Å². The summed E-state index contributed by atoms with van der Waals surface area (Å²) in [5, 5.41) is 15.7. The zero-order valence-corrected chi connectivity index (χ0v) is 20.3. The molecule has 0 spiro atoms. The molecule has 186 valence electrons. The molecule has 0 bridgehead atoms. The van der Waals surface area contributed by atoms with E-state index in [1.54, 1.807) is 19.2 Å². The Morgan fingerprint density at radius 3 is 2.58 bits per heavy atom. The largest absolute Gasteiger partial charge is 0.481 e. The molecule has 0 aliphatic rings. The van der Waals surface area contributed by atoms with E-state index in [4.69, 9.17) is 14.4 Å². The number of benzene rings is 3. The summed E-state index contributed by atoms with van der Waals surface area (Å²) in [6.07, 6.45) is 0.474. The summed E-state index contributed by atoms with van der Waals surface area (Å²) in [7, 11) is 1.66. The van der Waals surface area contributed by atoms with Gasteiger partial charge in [0.15, 0.2) is 0 Å². The van der Waals surface area contributed by atoms with Gasteiger partial charge in [0, 0.05) is 24.8 Å². The van der Waals surface area contributed by atoms with Crippen LogP contribution >= 0.6 is 0 Å². The van der Waals surface area contributed by atoms with Crippen molar-refractivity contribution in [2.75, 3.05) is 20.2 Å². The number of nitrogens with one attached hydrogen (secondary N) is 1. The second-order valence-electron chi connectivity index (χ2n) is 8.49. The monoisotopic (exact) mass is 489 g/mol. The predicted molar refractivity (Wildman–Crippen MR) is 135 cm³/mol. The Morgan fingerprint density at radius 1 is 1.03 bits per heavy atom. The number of hydrogen-bond acceptors (Lipinski definition) is 6. The summed E-state index contributed by atoms with van der Waals surface area (Å²) in [6.45, 7) is 3.33. The zero-order valence-electron chi connectivity index (χ0n) is 20.3. The van der Waals surface area contributed by atoms with Crippen LogP contribution in [-0.2, 0) is 22.6 Å². The number of aryl methyl sites for hydroxylation is 1. The minimum atomic E-state index is -0.866. The zero-order chi connectivity index (χ0) is 25.5. The van der Waals surface area contributed by atoms with Crippen molar-refractivity contribution < 1.29 is 23.6 Å². The minimum absolute atomic E-state index is 0.0309. The minimum Gasteiger partial charge on any atom is -0.481 e. The predicted octanol–water partition coefficient (Wildman–Crippen LogP) is 5.27. The molecule has 0 aliphatic heterocycles. The number of nitrogens with zero attached hydrogens (tertiary/aromatic N) is 2. The van der Waals surface area contributed by atoms with E-state index in [9.17, 15) is 9.18 Å². The van der Waals surface area contributed by atoms with Crippen LogP contribution in [0.4, 0.5) is 4.39 Å². The molecule has 7 nitrogen and oxygen atoms in total. The van der Waals surface area contributed by atoms with Gasteiger partial charge in [0.2, 0.25) is 5.82 Å². The van der Waals surface area contributed by atoms with Crippen molar-refractivity contribution in [2.45, 2.75) is 26.4 Å². The van der Waals surface area contributed by atoms with Gasteiger partial charge in [0.05, 0.1) is 13.0 Å². The molecule has 0 saturated heterocycles. The summed E-state index contributed by atoms with van der Waals surface area (Å²) >= 11 is 0. The number of hydrogen-bond donors (Lipinski definition) is 2. The lowest BCUT2D eigenvalue weighted by Gasteiger charge is -2.12. The first-order valence-electron chi connectivity index (χ1n) is 11.7. The molecule has 8 heteroatoms. The maximum absolute atomic E-state index is 14.7. The summed E-state index contributed by atoms with van der Waals surface area (Å²) in [6, 6.07) is 18.9. The highest BCUT2D eigenvalue weighted by Gasteiger charge is 2.15. The lowest BCUT2D eigenvalue weighted by Crippen LogP contribution is -2.21. The molecule has 1 heterocycles. The molecular weight excluding hydrogens is 461 g/mol. The molecule has 0 atom stereocenters. The average Bonchev–Trinajstić information content (AvgIpc) is 3.36. The van der Waals surface area contributed by atoms with Gasteiger partial charge < -0.3 is 19.7 Å². The van der Waals surface area contributed by atoms with Crippen LogP contribution in [0.2, 0.25) is 0 Å². The average molecular weight is 490 g/mol. The fourth-order valence-electron chi connectivity index (χ4n) is 4.03. The van der Waals surface area contributed by atoms with Gasteiger partial charge in [0.25, 0.3) is 5.89 Å². The number of aliphatic carboxylic acids is 1. The van der Waals surface area contributed by atoms with E-state index in [2.05, 4.69) is 34.5 Å². The third-order valence-corrected chi connectivity index (χ3v) is 5.91. The van der Waals surface area contributed by atoms with Gasteiger partial charge >= 0.3 is 5.97 Å². The highest BCUT2D eigenvalue weighted by atomic mass is 19.1. The van der Waals surface area contributed by atoms with Gasteiger partial charge in [-0.2, -0.15) is 4.98 Å². The van der Waals surface area contributed by atoms with Crippen LogP contribution in [-0.4, -0.2) is 41.4 Å². The first-order valence-corrected chi connectivity index (χ1v) is 11.7. The van der Waals surface area contributed by atoms with Gasteiger partial charge in [-0.3, -0.25) is 4.79 Å². The Morgan fingerprint density at radius 2 is 1.83 bits per heavy atom. The fourth-order valence-corrected chi connectivity index (χ4v) is 4.03. The molecular formula is C28H28FN3O4. The first kappa shape index (κ1) is 25.2. The molecule has 0 fully saturated rings. The molecule has 3 aromatic carbocycles. The van der Waals surface area contributed by atoms with E-state index in [1.807, 2.05) is 30.3 Å². The van der Waals surface area contributed by atoms with E-state index in [0.717, 1.165) is 22.3 Å². The van der Waals surface area contributed by atoms with Crippen molar-refractivity contribution in [3.05, 3.63) is 83.2 Å². The van der Waals surface area contributed by atoms with E-state index < -0.39 is 5.97 Å². The summed E-state index contributed by atoms with van der Waals surface area (Å²) in [4.78, 5) is 15.1. The molecule has 1 aromatic heterocycles. The highest BCUT2D eigenvalue weighted by molar-refractivity contribution is 5.74. The summed E-state index contributed by atoms with van der Waals surface area (Å²) < 4.78 is 25.6. The van der Waals surface area contributed by atoms with Crippen LogP contribution in [0, 0.1) is 12.7 Å². The Kier molecular flexibility index (Phi) is 8.20. The van der Waals surface area contributed by atoms with Crippen LogP contribution in [0.25, 0.3) is 34.0 Å². The van der Waals surface area contributed by atoms with Crippen LogP contribution in [0.1, 0.15) is 23.1 Å². The molecule has 4 aromatic rings. The number of halogens is 1.